The van der Waals surface area contributed by atoms with Crippen LogP contribution in [0.3, 0.4) is 0 Å². The van der Waals surface area contributed by atoms with E-state index in [0.717, 1.165) is 12.1 Å². The summed E-state index contributed by atoms with van der Waals surface area (Å²) in [6.07, 6.45) is 0. The minimum Gasteiger partial charge on any atom is -0.384 e. The van der Waals surface area contributed by atoms with Crippen LogP contribution in [0.1, 0.15) is 26.6 Å². The van der Waals surface area contributed by atoms with E-state index in [-0.39, 0.29) is 21.4 Å². The molecule has 4 nitrogen and oxygen atoms in total. The van der Waals surface area contributed by atoms with Crippen molar-refractivity contribution >= 4 is 33.3 Å². The average molecular weight is 357 g/mol. The summed E-state index contributed by atoms with van der Waals surface area (Å²) < 4.78 is 27.4. The Balaban J connectivity index is 2.40. The first-order valence-corrected chi connectivity index (χ1v) is 7.03. The van der Waals surface area contributed by atoms with Crippen LogP contribution >= 0.6 is 15.9 Å². The van der Waals surface area contributed by atoms with E-state index in [1.807, 2.05) is 20.8 Å². The van der Waals surface area contributed by atoms with Crippen molar-refractivity contribution < 1.29 is 8.78 Å². The summed E-state index contributed by atoms with van der Waals surface area (Å²) in [6.45, 7) is 5.81. The van der Waals surface area contributed by atoms with E-state index in [1.54, 1.807) is 0 Å². The zero-order chi connectivity index (χ0) is 15.8. The van der Waals surface area contributed by atoms with Gasteiger partial charge in [-0.3, -0.25) is 0 Å². The topological polar surface area (TPSA) is 63.8 Å². The zero-order valence-corrected chi connectivity index (χ0v) is 13.4. The van der Waals surface area contributed by atoms with Crippen molar-refractivity contribution in [3.8, 4) is 0 Å². The van der Waals surface area contributed by atoms with Gasteiger partial charge >= 0.3 is 0 Å². The first kappa shape index (κ1) is 15.6. The van der Waals surface area contributed by atoms with Crippen LogP contribution in [0.2, 0.25) is 0 Å². The number of nitrogens with two attached hydrogens (primary N) is 1. The fourth-order valence-corrected chi connectivity index (χ4v) is 1.94. The van der Waals surface area contributed by atoms with E-state index in [1.165, 1.54) is 6.07 Å². The molecule has 0 fully saturated rings. The van der Waals surface area contributed by atoms with Crippen LogP contribution in [-0.4, -0.2) is 9.97 Å². The van der Waals surface area contributed by atoms with Gasteiger partial charge in [-0.1, -0.05) is 20.8 Å². The molecule has 1 aromatic carbocycles. The van der Waals surface area contributed by atoms with Crippen LogP contribution in [0.25, 0.3) is 0 Å². The first-order valence-electron chi connectivity index (χ1n) is 6.23. The van der Waals surface area contributed by atoms with Crippen molar-refractivity contribution in [2.24, 2.45) is 0 Å². The number of aromatic nitrogens is 2. The Labute approximate surface area is 129 Å². The second-order valence-corrected chi connectivity index (χ2v) is 6.48. The maximum absolute atomic E-state index is 13.8. The maximum atomic E-state index is 13.8. The van der Waals surface area contributed by atoms with Crippen LogP contribution < -0.4 is 11.1 Å². The Hall–Kier alpha value is -1.76. The molecule has 0 aliphatic heterocycles. The van der Waals surface area contributed by atoms with Crippen molar-refractivity contribution in [3.05, 3.63) is 40.1 Å². The van der Waals surface area contributed by atoms with Crippen molar-refractivity contribution in [1.29, 1.82) is 0 Å². The lowest BCUT2D eigenvalue weighted by atomic mass is 9.96. The van der Waals surface area contributed by atoms with E-state index in [4.69, 9.17) is 5.73 Å². The predicted octanol–water partition coefficient (Wildman–Crippen LogP) is 4.14. The lowest BCUT2D eigenvalue weighted by Crippen LogP contribution is -2.17. The molecule has 0 unspecified atom stereocenters. The SMILES string of the molecule is CC(C)(C)c1nc(N)cc(Nc2cc(F)c(Br)cc2F)n1. The molecule has 0 radical (unpaired) electrons. The summed E-state index contributed by atoms with van der Waals surface area (Å²) in [5.41, 5.74) is 5.41. The van der Waals surface area contributed by atoms with Gasteiger partial charge in [0.2, 0.25) is 0 Å². The number of nitrogen functional groups attached to an aromatic ring is 1. The summed E-state index contributed by atoms with van der Waals surface area (Å²) in [7, 11) is 0. The maximum Gasteiger partial charge on any atom is 0.148 e. The van der Waals surface area contributed by atoms with Gasteiger partial charge in [-0.05, 0) is 22.0 Å². The number of rotatable bonds is 2. The highest BCUT2D eigenvalue weighted by molar-refractivity contribution is 9.10. The monoisotopic (exact) mass is 356 g/mol. The van der Waals surface area contributed by atoms with E-state index in [0.29, 0.717) is 11.6 Å². The summed E-state index contributed by atoms with van der Waals surface area (Å²) in [6, 6.07) is 3.57. The van der Waals surface area contributed by atoms with Crippen molar-refractivity contribution in [2.75, 3.05) is 11.1 Å². The molecule has 0 aliphatic carbocycles. The van der Waals surface area contributed by atoms with E-state index in [2.05, 4.69) is 31.2 Å². The Kier molecular flexibility index (Phi) is 4.13. The Morgan fingerprint density at radius 2 is 1.76 bits per heavy atom. The number of benzene rings is 1. The lowest BCUT2D eigenvalue weighted by Gasteiger charge is -2.18. The first-order chi connectivity index (χ1) is 9.66. The molecule has 112 valence electrons. The van der Waals surface area contributed by atoms with Crippen LogP contribution in [-0.2, 0) is 5.41 Å². The van der Waals surface area contributed by atoms with Gasteiger partial charge < -0.3 is 11.1 Å². The Bertz CT molecular complexity index is 683. The highest BCUT2D eigenvalue weighted by Gasteiger charge is 2.19. The molecule has 3 N–H and O–H groups in total. The van der Waals surface area contributed by atoms with Crippen LogP contribution in [0.4, 0.5) is 26.1 Å². The van der Waals surface area contributed by atoms with Crippen LogP contribution in [0.15, 0.2) is 22.7 Å². The predicted molar refractivity (Wildman–Crippen MR) is 82.5 cm³/mol. The second kappa shape index (κ2) is 5.55. The normalized spacial score (nSPS) is 11.5. The van der Waals surface area contributed by atoms with Gasteiger partial charge in [0.25, 0.3) is 0 Å². The van der Waals surface area contributed by atoms with Crippen LogP contribution in [0, 0.1) is 11.6 Å². The molecule has 1 heterocycles. The molecule has 21 heavy (non-hydrogen) atoms. The molecule has 0 saturated carbocycles. The van der Waals surface area contributed by atoms with Crippen molar-refractivity contribution in [1.82, 2.24) is 9.97 Å². The second-order valence-electron chi connectivity index (χ2n) is 5.62. The van der Waals surface area contributed by atoms with Gasteiger partial charge in [0.15, 0.2) is 0 Å². The van der Waals surface area contributed by atoms with E-state index >= 15 is 0 Å². The third-order valence-corrected chi connectivity index (χ3v) is 3.30. The van der Waals surface area contributed by atoms with Gasteiger partial charge in [-0.2, -0.15) is 0 Å². The molecule has 0 amide bonds. The molecule has 0 saturated heterocycles. The van der Waals surface area contributed by atoms with Crippen molar-refractivity contribution in [3.63, 3.8) is 0 Å². The fourth-order valence-electron chi connectivity index (χ4n) is 1.62. The summed E-state index contributed by atoms with van der Waals surface area (Å²) in [4.78, 5) is 8.44. The molecule has 0 bridgehead atoms. The number of hydrogen-bond acceptors (Lipinski definition) is 4. The van der Waals surface area contributed by atoms with E-state index in [9.17, 15) is 8.78 Å². The molecule has 7 heteroatoms. The molecule has 2 rings (SSSR count). The minimum absolute atomic E-state index is 0.0198. The van der Waals surface area contributed by atoms with Crippen molar-refractivity contribution in [2.45, 2.75) is 26.2 Å². The van der Waals surface area contributed by atoms with Gasteiger partial charge in [0.05, 0.1) is 10.2 Å². The summed E-state index contributed by atoms with van der Waals surface area (Å²) >= 11 is 2.93. The Morgan fingerprint density at radius 1 is 1.10 bits per heavy atom. The molecule has 0 atom stereocenters. The standard InChI is InChI=1S/C14H15BrF2N4/c1-14(2,3)13-20-11(18)6-12(21-13)19-10-5-8(16)7(15)4-9(10)17/h4-6H,1-3H3,(H3,18,19,20,21). The van der Waals surface area contributed by atoms with Gasteiger partial charge in [-0.15, -0.1) is 0 Å². The quantitative estimate of drug-likeness (QED) is 0.793. The zero-order valence-electron chi connectivity index (χ0n) is 11.8. The third-order valence-electron chi connectivity index (χ3n) is 2.69. The smallest absolute Gasteiger partial charge is 0.148 e. The number of hydrogen-bond donors (Lipinski definition) is 2. The molecular formula is C14H15BrF2N4. The Morgan fingerprint density at radius 3 is 2.38 bits per heavy atom. The molecule has 0 aliphatic rings. The lowest BCUT2D eigenvalue weighted by molar-refractivity contribution is 0.547. The molecular weight excluding hydrogens is 342 g/mol. The number of halogens is 3. The highest BCUT2D eigenvalue weighted by atomic mass is 79.9. The summed E-state index contributed by atoms with van der Waals surface area (Å²) in [5, 5.41) is 2.73. The van der Waals surface area contributed by atoms with Crippen LogP contribution in [0.5, 0.6) is 0 Å². The number of nitrogens with zero attached hydrogens (tertiary/aromatic N) is 2. The number of anilines is 3. The van der Waals surface area contributed by atoms with E-state index < -0.39 is 11.6 Å². The number of nitrogens with one attached hydrogen (secondary N) is 1. The fraction of sp³-hybridized carbons (Fsp3) is 0.286. The molecule has 2 aromatic rings. The molecule has 0 spiro atoms. The average Bonchev–Trinajstić information content (AvgIpc) is 2.34. The highest BCUT2D eigenvalue weighted by Crippen LogP contribution is 2.27. The largest absolute Gasteiger partial charge is 0.384 e. The molecule has 1 aromatic heterocycles. The van der Waals surface area contributed by atoms with Gasteiger partial charge in [-0.25, -0.2) is 18.7 Å². The summed E-state index contributed by atoms with van der Waals surface area (Å²) in [5.74, 6) is -0.0822. The van der Waals surface area contributed by atoms with Gasteiger partial charge in [0, 0.05) is 17.5 Å². The third kappa shape index (κ3) is 3.66. The van der Waals surface area contributed by atoms with Gasteiger partial charge in [0.1, 0.15) is 29.1 Å². The minimum atomic E-state index is -0.599.